The zero-order chi connectivity index (χ0) is 20.4. The van der Waals surface area contributed by atoms with Crippen molar-refractivity contribution in [2.75, 3.05) is 7.05 Å². The van der Waals surface area contributed by atoms with E-state index in [1.807, 2.05) is 6.07 Å². The number of nitrogens with one attached hydrogen (secondary N) is 1. The molecule has 0 saturated heterocycles. The fraction of sp³-hybridized carbons (Fsp3) is 0.150. The largest absolute Gasteiger partial charge is 0.337 e. The van der Waals surface area contributed by atoms with Crippen molar-refractivity contribution in [2.24, 2.45) is 0 Å². The van der Waals surface area contributed by atoms with Crippen LogP contribution in [0, 0.1) is 4.77 Å². The average Bonchev–Trinajstić information content (AvgIpc) is 2.67. The number of rotatable bonds is 5. The summed E-state index contributed by atoms with van der Waals surface area (Å²) in [7, 11) is 1.67. The minimum absolute atomic E-state index is 0.215. The number of carbonyl (C=O) groups is 1. The van der Waals surface area contributed by atoms with E-state index in [-0.39, 0.29) is 16.2 Å². The second kappa shape index (κ2) is 8.31. The van der Waals surface area contributed by atoms with Crippen LogP contribution in [-0.2, 0) is 13.1 Å². The number of aromatic nitrogens is 2. The molecule has 1 heterocycles. The summed E-state index contributed by atoms with van der Waals surface area (Å²) in [6.07, 6.45) is 1.60. The number of halogens is 2. The van der Waals surface area contributed by atoms with E-state index in [1.54, 1.807) is 43.5 Å². The first kappa shape index (κ1) is 20.3. The van der Waals surface area contributed by atoms with Gasteiger partial charge in [0.25, 0.3) is 11.5 Å². The Bertz CT molecular complexity index is 1200. The molecule has 144 valence electrons. The van der Waals surface area contributed by atoms with E-state index in [4.69, 9.17) is 35.4 Å². The minimum Gasteiger partial charge on any atom is -0.337 e. The Balaban J connectivity index is 1.94. The van der Waals surface area contributed by atoms with E-state index in [1.165, 1.54) is 9.47 Å². The van der Waals surface area contributed by atoms with Gasteiger partial charge in [-0.15, -0.1) is 6.58 Å². The van der Waals surface area contributed by atoms with Crippen LogP contribution in [0.25, 0.3) is 10.9 Å². The van der Waals surface area contributed by atoms with Crippen LogP contribution in [0.1, 0.15) is 15.9 Å². The fourth-order valence-electron chi connectivity index (χ4n) is 2.90. The molecule has 2 aromatic carbocycles. The topological polar surface area (TPSA) is 58.1 Å². The molecule has 5 nitrogen and oxygen atoms in total. The molecule has 0 aliphatic heterocycles. The van der Waals surface area contributed by atoms with Crippen LogP contribution < -0.4 is 5.56 Å². The lowest BCUT2D eigenvalue weighted by atomic mass is 10.1. The number of nitrogens with zero attached hydrogens (tertiary/aromatic N) is 2. The second-order valence-electron chi connectivity index (χ2n) is 6.27. The molecule has 3 aromatic rings. The van der Waals surface area contributed by atoms with Crippen molar-refractivity contribution in [3.63, 3.8) is 0 Å². The highest BCUT2D eigenvalue weighted by molar-refractivity contribution is 7.71. The number of aromatic amines is 1. The number of H-pyrrole nitrogens is 1. The number of allylic oxidation sites excluding steroid dienone is 1. The summed E-state index contributed by atoms with van der Waals surface area (Å²) in [6.45, 7) is 4.25. The summed E-state index contributed by atoms with van der Waals surface area (Å²) in [5.74, 6) is -0.215. The molecule has 0 aliphatic rings. The third kappa shape index (κ3) is 3.90. The Kier molecular flexibility index (Phi) is 6.03. The third-order valence-electron chi connectivity index (χ3n) is 4.33. The van der Waals surface area contributed by atoms with Crippen molar-refractivity contribution in [3.8, 4) is 0 Å². The van der Waals surface area contributed by atoms with Gasteiger partial charge in [0.05, 0.1) is 20.9 Å². The maximum atomic E-state index is 12.8. The van der Waals surface area contributed by atoms with Gasteiger partial charge in [-0.2, -0.15) is 0 Å². The zero-order valence-electron chi connectivity index (χ0n) is 15.0. The maximum Gasteiger partial charge on any atom is 0.262 e. The van der Waals surface area contributed by atoms with Gasteiger partial charge >= 0.3 is 0 Å². The predicted molar refractivity (Wildman–Crippen MR) is 116 cm³/mol. The van der Waals surface area contributed by atoms with Gasteiger partial charge in [0.15, 0.2) is 4.77 Å². The molecule has 8 heteroatoms. The van der Waals surface area contributed by atoms with Crippen LogP contribution in [0.4, 0.5) is 0 Å². The number of amides is 1. The highest BCUT2D eigenvalue weighted by atomic mass is 35.5. The molecule has 0 aliphatic carbocycles. The van der Waals surface area contributed by atoms with Gasteiger partial charge in [-0.25, -0.2) is 0 Å². The highest BCUT2D eigenvalue weighted by Gasteiger charge is 2.16. The standard InChI is InChI=1S/C20H17Cl2N3O2S/c1-3-9-25-19(27)14-8-7-12(10-16(14)23-20(25)28)18(26)24(2)11-13-5-4-6-15(21)17(13)22/h3-8,10H,1,9,11H2,2H3,(H,23,28). The smallest absolute Gasteiger partial charge is 0.262 e. The number of carbonyl (C=O) groups excluding carboxylic acids is 1. The molecular weight excluding hydrogens is 417 g/mol. The molecule has 0 unspecified atom stereocenters. The Morgan fingerprint density at radius 3 is 2.79 bits per heavy atom. The summed E-state index contributed by atoms with van der Waals surface area (Å²) >= 11 is 17.5. The van der Waals surface area contributed by atoms with Crippen molar-refractivity contribution < 1.29 is 4.79 Å². The maximum absolute atomic E-state index is 12.8. The van der Waals surface area contributed by atoms with Crippen LogP contribution >= 0.6 is 35.4 Å². The predicted octanol–water partition coefficient (Wildman–Crippen LogP) is 4.82. The van der Waals surface area contributed by atoms with Crippen LogP contribution in [0.2, 0.25) is 10.0 Å². The van der Waals surface area contributed by atoms with Crippen LogP contribution in [-0.4, -0.2) is 27.4 Å². The van der Waals surface area contributed by atoms with Crippen molar-refractivity contribution in [3.05, 3.63) is 85.4 Å². The van der Waals surface area contributed by atoms with Crippen LogP contribution in [0.15, 0.2) is 53.8 Å². The lowest BCUT2D eigenvalue weighted by Gasteiger charge is -2.19. The minimum atomic E-state index is -0.225. The SMILES string of the molecule is C=CCn1c(=S)[nH]c2cc(C(=O)N(C)Cc3cccc(Cl)c3Cl)ccc2c1=O. The third-order valence-corrected chi connectivity index (χ3v) is 5.51. The first-order valence-electron chi connectivity index (χ1n) is 8.39. The molecule has 0 bridgehead atoms. The molecule has 0 fully saturated rings. The second-order valence-corrected chi connectivity index (χ2v) is 7.44. The number of hydrogen-bond donors (Lipinski definition) is 1. The number of benzene rings is 2. The molecular formula is C20H17Cl2N3O2S. The fourth-order valence-corrected chi connectivity index (χ4v) is 3.55. The van der Waals surface area contributed by atoms with E-state index in [2.05, 4.69) is 11.6 Å². The summed E-state index contributed by atoms with van der Waals surface area (Å²) < 4.78 is 1.69. The van der Waals surface area contributed by atoms with Crippen molar-refractivity contribution in [1.29, 1.82) is 0 Å². The van der Waals surface area contributed by atoms with Gasteiger partial charge in [-0.1, -0.05) is 41.4 Å². The molecule has 0 spiro atoms. The molecule has 1 N–H and O–H groups in total. The molecule has 3 rings (SSSR count). The van der Waals surface area contributed by atoms with E-state index >= 15 is 0 Å². The Morgan fingerprint density at radius 1 is 1.32 bits per heavy atom. The quantitative estimate of drug-likeness (QED) is 0.463. The van der Waals surface area contributed by atoms with Crippen molar-refractivity contribution >= 4 is 52.2 Å². The molecule has 1 amide bonds. The van der Waals surface area contributed by atoms with Crippen molar-refractivity contribution in [2.45, 2.75) is 13.1 Å². The zero-order valence-corrected chi connectivity index (χ0v) is 17.4. The van der Waals surface area contributed by atoms with E-state index in [9.17, 15) is 9.59 Å². The van der Waals surface area contributed by atoms with E-state index in [0.29, 0.717) is 39.6 Å². The van der Waals surface area contributed by atoms with E-state index in [0.717, 1.165) is 5.56 Å². The highest BCUT2D eigenvalue weighted by Crippen LogP contribution is 2.26. The van der Waals surface area contributed by atoms with Crippen LogP contribution in [0.3, 0.4) is 0 Å². The van der Waals surface area contributed by atoms with Gasteiger partial charge in [0, 0.05) is 25.7 Å². The summed E-state index contributed by atoms with van der Waals surface area (Å²) in [5.41, 5.74) is 1.46. The molecule has 0 radical (unpaired) electrons. The summed E-state index contributed by atoms with van der Waals surface area (Å²) in [4.78, 5) is 30.0. The lowest BCUT2D eigenvalue weighted by molar-refractivity contribution is 0.0785. The van der Waals surface area contributed by atoms with Crippen LogP contribution in [0.5, 0.6) is 0 Å². The normalized spacial score (nSPS) is 10.8. The van der Waals surface area contributed by atoms with E-state index < -0.39 is 0 Å². The number of fused-ring (bicyclic) bond motifs is 1. The van der Waals surface area contributed by atoms with Gasteiger partial charge in [-0.05, 0) is 42.0 Å². The Labute approximate surface area is 176 Å². The number of hydrogen-bond acceptors (Lipinski definition) is 3. The average molecular weight is 434 g/mol. The Morgan fingerprint density at radius 2 is 2.07 bits per heavy atom. The molecule has 0 saturated carbocycles. The summed E-state index contributed by atoms with van der Waals surface area (Å²) in [5, 5.41) is 1.32. The van der Waals surface area contributed by atoms with Gasteiger partial charge in [0.2, 0.25) is 0 Å². The monoisotopic (exact) mass is 433 g/mol. The van der Waals surface area contributed by atoms with Gasteiger partial charge in [0.1, 0.15) is 0 Å². The van der Waals surface area contributed by atoms with Gasteiger partial charge in [-0.3, -0.25) is 14.2 Å². The van der Waals surface area contributed by atoms with Gasteiger partial charge < -0.3 is 9.88 Å². The molecule has 28 heavy (non-hydrogen) atoms. The first-order valence-corrected chi connectivity index (χ1v) is 9.56. The summed E-state index contributed by atoms with van der Waals surface area (Å²) in [6, 6.07) is 10.2. The Hall–Kier alpha value is -2.41. The first-order chi connectivity index (χ1) is 13.3. The lowest BCUT2D eigenvalue weighted by Crippen LogP contribution is -2.27. The molecule has 1 aromatic heterocycles. The molecule has 0 atom stereocenters. The van der Waals surface area contributed by atoms with Crippen molar-refractivity contribution in [1.82, 2.24) is 14.5 Å².